The quantitative estimate of drug-likeness (QED) is 0.796. The first kappa shape index (κ1) is 14.8. The second-order valence-electron chi connectivity index (χ2n) is 6.19. The Morgan fingerprint density at radius 3 is 2.46 bits per heavy atom. The molecule has 24 heavy (non-hydrogen) atoms. The van der Waals surface area contributed by atoms with Gasteiger partial charge in [0.15, 0.2) is 0 Å². The van der Waals surface area contributed by atoms with Crippen LogP contribution in [0.25, 0.3) is 10.9 Å². The summed E-state index contributed by atoms with van der Waals surface area (Å²) in [6.07, 6.45) is 1.90. The number of hydrogen-bond acceptors (Lipinski definition) is 2. The van der Waals surface area contributed by atoms with Crippen molar-refractivity contribution in [2.45, 2.75) is 18.9 Å². The SMILES string of the molecule is O=C(c1cc2ccccc2[nH]1)N1CCC(Oc2ccccc2)CC1. The number of piperidine rings is 1. The van der Waals surface area contributed by atoms with Crippen LogP contribution in [0.2, 0.25) is 0 Å². The molecular formula is C20H20N2O2. The predicted octanol–water partition coefficient (Wildman–Crippen LogP) is 3.85. The molecule has 0 atom stereocenters. The molecule has 0 aliphatic carbocycles. The summed E-state index contributed by atoms with van der Waals surface area (Å²) in [5.41, 5.74) is 1.67. The normalized spacial score (nSPS) is 15.6. The van der Waals surface area contributed by atoms with Crippen molar-refractivity contribution in [1.29, 1.82) is 0 Å². The zero-order valence-corrected chi connectivity index (χ0v) is 13.4. The molecule has 1 amide bonds. The molecule has 1 saturated heterocycles. The van der Waals surface area contributed by atoms with Gasteiger partial charge in [0, 0.05) is 36.8 Å². The lowest BCUT2D eigenvalue weighted by atomic mass is 10.1. The van der Waals surface area contributed by atoms with Crippen molar-refractivity contribution in [2.75, 3.05) is 13.1 Å². The van der Waals surface area contributed by atoms with Crippen molar-refractivity contribution in [1.82, 2.24) is 9.88 Å². The van der Waals surface area contributed by atoms with Gasteiger partial charge >= 0.3 is 0 Å². The number of likely N-dealkylation sites (tertiary alicyclic amines) is 1. The molecule has 2 heterocycles. The lowest BCUT2D eigenvalue weighted by Gasteiger charge is -2.32. The van der Waals surface area contributed by atoms with Crippen molar-refractivity contribution >= 4 is 16.8 Å². The van der Waals surface area contributed by atoms with E-state index in [0.29, 0.717) is 5.69 Å². The summed E-state index contributed by atoms with van der Waals surface area (Å²) in [6.45, 7) is 1.46. The van der Waals surface area contributed by atoms with Crippen molar-refractivity contribution < 1.29 is 9.53 Å². The molecule has 1 aromatic heterocycles. The number of rotatable bonds is 3. The molecule has 0 bridgehead atoms. The molecule has 2 aromatic carbocycles. The Hall–Kier alpha value is -2.75. The number of nitrogens with zero attached hydrogens (tertiary/aromatic N) is 1. The second kappa shape index (κ2) is 6.40. The van der Waals surface area contributed by atoms with Crippen LogP contribution in [0.1, 0.15) is 23.3 Å². The first-order valence-electron chi connectivity index (χ1n) is 8.38. The van der Waals surface area contributed by atoms with Gasteiger partial charge < -0.3 is 14.6 Å². The van der Waals surface area contributed by atoms with Gasteiger partial charge in [-0.3, -0.25) is 4.79 Å². The van der Waals surface area contributed by atoms with Gasteiger partial charge in [0.2, 0.25) is 0 Å². The first-order chi connectivity index (χ1) is 11.8. The number of carbonyl (C=O) groups excluding carboxylic acids is 1. The summed E-state index contributed by atoms with van der Waals surface area (Å²) in [4.78, 5) is 17.8. The van der Waals surface area contributed by atoms with E-state index in [1.807, 2.05) is 65.6 Å². The van der Waals surface area contributed by atoms with Gasteiger partial charge in [-0.25, -0.2) is 0 Å². The summed E-state index contributed by atoms with van der Waals surface area (Å²) in [5.74, 6) is 0.974. The smallest absolute Gasteiger partial charge is 0.270 e. The molecule has 3 aromatic rings. The lowest BCUT2D eigenvalue weighted by molar-refractivity contribution is 0.0591. The van der Waals surface area contributed by atoms with E-state index in [9.17, 15) is 4.79 Å². The Labute approximate surface area is 141 Å². The molecule has 1 aliphatic rings. The average Bonchev–Trinajstić information content (AvgIpc) is 3.07. The third kappa shape index (κ3) is 3.00. The summed E-state index contributed by atoms with van der Waals surface area (Å²) in [5, 5.41) is 1.07. The van der Waals surface area contributed by atoms with Crippen LogP contribution in [0.15, 0.2) is 60.7 Å². The summed E-state index contributed by atoms with van der Waals surface area (Å²) in [7, 11) is 0. The maximum Gasteiger partial charge on any atom is 0.270 e. The standard InChI is InChI=1S/C20H20N2O2/c23-20(19-14-15-6-4-5-9-18(15)21-19)22-12-10-17(11-13-22)24-16-7-2-1-3-8-16/h1-9,14,17,21H,10-13H2. The number of H-pyrrole nitrogens is 1. The molecule has 4 rings (SSSR count). The highest BCUT2D eigenvalue weighted by Crippen LogP contribution is 2.21. The minimum absolute atomic E-state index is 0.0735. The number of ether oxygens (including phenoxy) is 1. The predicted molar refractivity (Wildman–Crippen MR) is 94.3 cm³/mol. The van der Waals surface area contributed by atoms with Crippen molar-refractivity contribution in [2.24, 2.45) is 0 Å². The minimum Gasteiger partial charge on any atom is -0.490 e. The zero-order chi connectivity index (χ0) is 16.4. The number of para-hydroxylation sites is 2. The highest BCUT2D eigenvalue weighted by atomic mass is 16.5. The van der Waals surface area contributed by atoms with Crippen LogP contribution in [0, 0.1) is 0 Å². The Morgan fingerprint density at radius 2 is 1.71 bits per heavy atom. The van der Waals surface area contributed by atoms with Crippen LogP contribution in [-0.4, -0.2) is 35.0 Å². The van der Waals surface area contributed by atoms with Gasteiger partial charge in [-0.1, -0.05) is 36.4 Å². The zero-order valence-electron chi connectivity index (χ0n) is 13.4. The van der Waals surface area contributed by atoms with Crippen molar-refractivity contribution in [3.8, 4) is 5.75 Å². The summed E-state index contributed by atoms with van der Waals surface area (Å²) >= 11 is 0. The summed E-state index contributed by atoms with van der Waals surface area (Å²) < 4.78 is 5.99. The first-order valence-corrected chi connectivity index (χ1v) is 8.38. The molecule has 0 radical (unpaired) electrons. The monoisotopic (exact) mass is 320 g/mol. The van der Waals surface area contributed by atoms with Gasteiger partial charge in [-0.2, -0.15) is 0 Å². The van der Waals surface area contributed by atoms with Gasteiger partial charge in [0.25, 0.3) is 5.91 Å². The Kier molecular flexibility index (Phi) is 3.95. The fourth-order valence-electron chi connectivity index (χ4n) is 3.23. The molecule has 1 aliphatic heterocycles. The summed E-state index contributed by atoms with van der Waals surface area (Å²) in [6, 6.07) is 19.8. The number of benzene rings is 2. The maximum absolute atomic E-state index is 12.7. The molecule has 4 nitrogen and oxygen atoms in total. The van der Waals surface area contributed by atoms with Gasteiger partial charge in [-0.15, -0.1) is 0 Å². The third-order valence-electron chi connectivity index (χ3n) is 4.54. The van der Waals surface area contributed by atoms with Gasteiger partial charge in [0.1, 0.15) is 17.5 Å². The van der Waals surface area contributed by atoms with Gasteiger partial charge in [0.05, 0.1) is 0 Å². The second-order valence-corrected chi connectivity index (χ2v) is 6.19. The Bertz CT molecular complexity index is 800. The molecule has 0 saturated carbocycles. The van der Waals surface area contributed by atoms with Crippen LogP contribution < -0.4 is 4.74 Å². The lowest BCUT2D eigenvalue weighted by Crippen LogP contribution is -2.41. The molecule has 122 valence electrons. The van der Waals surface area contributed by atoms with Crippen molar-refractivity contribution in [3.63, 3.8) is 0 Å². The molecule has 4 heteroatoms. The van der Waals surface area contributed by atoms with Crippen LogP contribution in [0.3, 0.4) is 0 Å². The molecule has 1 fully saturated rings. The number of nitrogens with one attached hydrogen (secondary N) is 1. The van der Waals surface area contributed by atoms with Crippen LogP contribution in [0.4, 0.5) is 0 Å². The molecular weight excluding hydrogens is 300 g/mol. The number of amides is 1. The Morgan fingerprint density at radius 1 is 1.00 bits per heavy atom. The largest absolute Gasteiger partial charge is 0.490 e. The van der Waals surface area contributed by atoms with Crippen LogP contribution >= 0.6 is 0 Å². The van der Waals surface area contributed by atoms with Crippen LogP contribution in [0.5, 0.6) is 5.75 Å². The maximum atomic E-state index is 12.7. The van der Waals surface area contributed by atoms with E-state index in [1.165, 1.54) is 0 Å². The fourth-order valence-corrected chi connectivity index (χ4v) is 3.23. The number of hydrogen-bond donors (Lipinski definition) is 1. The highest BCUT2D eigenvalue weighted by molar-refractivity contribution is 5.98. The highest BCUT2D eigenvalue weighted by Gasteiger charge is 2.25. The number of fused-ring (bicyclic) bond motifs is 1. The van der Waals surface area contributed by atoms with Gasteiger partial charge in [-0.05, 0) is 24.3 Å². The van der Waals surface area contributed by atoms with Crippen molar-refractivity contribution in [3.05, 3.63) is 66.4 Å². The number of carbonyl (C=O) groups is 1. The third-order valence-corrected chi connectivity index (χ3v) is 4.54. The van der Waals surface area contributed by atoms with E-state index in [4.69, 9.17) is 4.74 Å². The Balaban J connectivity index is 1.39. The topological polar surface area (TPSA) is 45.3 Å². The molecule has 0 spiro atoms. The average molecular weight is 320 g/mol. The van der Waals surface area contributed by atoms with E-state index >= 15 is 0 Å². The molecule has 0 unspecified atom stereocenters. The van der Waals surface area contributed by atoms with E-state index < -0.39 is 0 Å². The van der Waals surface area contributed by atoms with E-state index in [0.717, 1.165) is 42.6 Å². The van der Waals surface area contributed by atoms with Crippen LogP contribution in [-0.2, 0) is 0 Å². The number of aromatic nitrogens is 1. The van der Waals surface area contributed by atoms with E-state index in [-0.39, 0.29) is 12.0 Å². The van der Waals surface area contributed by atoms with E-state index in [1.54, 1.807) is 0 Å². The molecule has 1 N–H and O–H groups in total. The fraction of sp³-hybridized carbons (Fsp3) is 0.250. The number of aromatic amines is 1. The van der Waals surface area contributed by atoms with E-state index in [2.05, 4.69) is 4.98 Å². The minimum atomic E-state index is 0.0735.